The highest BCUT2D eigenvalue weighted by Crippen LogP contribution is 2.28. The molecule has 0 unspecified atom stereocenters. The van der Waals surface area contributed by atoms with E-state index < -0.39 is 0 Å². The van der Waals surface area contributed by atoms with Gasteiger partial charge in [0, 0.05) is 32.3 Å². The molecule has 3 rings (SSSR count). The van der Waals surface area contributed by atoms with Crippen LogP contribution in [0.3, 0.4) is 0 Å². The molecule has 23 heavy (non-hydrogen) atoms. The smallest absolute Gasteiger partial charge is 0.120 e. The van der Waals surface area contributed by atoms with Gasteiger partial charge in [-0.3, -0.25) is 4.90 Å². The van der Waals surface area contributed by atoms with E-state index in [0.29, 0.717) is 5.92 Å². The Morgan fingerprint density at radius 3 is 2.87 bits per heavy atom. The number of aryl methyl sites for hydroxylation is 2. The standard InChI is InChI=1S/C19H27N3O/c1-14(2)23-18-7-5-6-16(10-18)12-22-9-8-17(13-22)19-20-15(3)11-21(19)4/h5-7,10-11,14,17H,8-9,12-13H2,1-4H3/t17-/m1/s1. The van der Waals surface area contributed by atoms with Gasteiger partial charge in [-0.1, -0.05) is 12.1 Å². The second kappa shape index (κ2) is 6.75. The molecular weight excluding hydrogens is 286 g/mol. The Morgan fingerprint density at radius 2 is 2.17 bits per heavy atom. The maximum atomic E-state index is 5.80. The van der Waals surface area contributed by atoms with Crippen LogP contribution in [0, 0.1) is 6.92 Å². The van der Waals surface area contributed by atoms with Crippen LogP contribution in [-0.2, 0) is 13.6 Å². The zero-order valence-corrected chi connectivity index (χ0v) is 14.6. The van der Waals surface area contributed by atoms with Crippen LogP contribution in [0.25, 0.3) is 0 Å². The summed E-state index contributed by atoms with van der Waals surface area (Å²) in [6.45, 7) is 9.39. The molecule has 2 aromatic rings. The molecule has 124 valence electrons. The number of ether oxygens (including phenoxy) is 1. The van der Waals surface area contributed by atoms with Crippen molar-refractivity contribution in [1.82, 2.24) is 14.5 Å². The van der Waals surface area contributed by atoms with E-state index in [1.807, 2.05) is 6.07 Å². The van der Waals surface area contributed by atoms with Crippen molar-refractivity contribution in [3.05, 3.63) is 47.5 Å². The average Bonchev–Trinajstić information content (AvgIpc) is 3.05. The zero-order chi connectivity index (χ0) is 16.4. The molecular formula is C19H27N3O. The first-order chi connectivity index (χ1) is 11.0. The van der Waals surface area contributed by atoms with Gasteiger partial charge in [0.05, 0.1) is 11.8 Å². The van der Waals surface area contributed by atoms with Crippen molar-refractivity contribution in [2.45, 2.75) is 45.8 Å². The average molecular weight is 313 g/mol. The summed E-state index contributed by atoms with van der Waals surface area (Å²) in [5.74, 6) is 2.73. The fraction of sp³-hybridized carbons (Fsp3) is 0.526. The Morgan fingerprint density at radius 1 is 1.35 bits per heavy atom. The van der Waals surface area contributed by atoms with Crippen molar-refractivity contribution in [2.75, 3.05) is 13.1 Å². The summed E-state index contributed by atoms with van der Waals surface area (Å²) in [5, 5.41) is 0. The van der Waals surface area contributed by atoms with Crippen LogP contribution in [0.5, 0.6) is 5.75 Å². The van der Waals surface area contributed by atoms with Crippen LogP contribution in [0.4, 0.5) is 0 Å². The first kappa shape index (κ1) is 16.1. The molecule has 0 saturated carbocycles. The molecule has 1 atom stereocenters. The van der Waals surface area contributed by atoms with Gasteiger partial charge in [0.1, 0.15) is 11.6 Å². The lowest BCUT2D eigenvalue weighted by atomic mass is 10.1. The summed E-state index contributed by atoms with van der Waals surface area (Å²) in [4.78, 5) is 7.21. The van der Waals surface area contributed by atoms with Crippen LogP contribution in [0.2, 0.25) is 0 Å². The molecule has 0 radical (unpaired) electrons. The van der Waals surface area contributed by atoms with Crippen LogP contribution < -0.4 is 4.74 Å². The second-order valence-corrected chi connectivity index (χ2v) is 6.89. The molecule has 2 heterocycles. The van der Waals surface area contributed by atoms with Gasteiger partial charge in [0.25, 0.3) is 0 Å². The van der Waals surface area contributed by atoms with Crippen LogP contribution in [-0.4, -0.2) is 33.6 Å². The minimum Gasteiger partial charge on any atom is -0.491 e. The highest BCUT2D eigenvalue weighted by Gasteiger charge is 2.26. The molecule has 1 aliphatic rings. The van der Waals surface area contributed by atoms with Gasteiger partial charge in [-0.15, -0.1) is 0 Å². The van der Waals surface area contributed by atoms with Gasteiger partial charge in [-0.2, -0.15) is 0 Å². The molecule has 0 N–H and O–H groups in total. The van der Waals surface area contributed by atoms with Crippen LogP contribution in [0.15, 0.2) is 30.5 Å². The zero-order valence-electron chi connectivity index (χ0n) is 14.6. The lowest BCUT2D eigenvalue weighted by Gasteiger charge is -2.17. The SMILES string of the molecule is Cc1cn(C)c([C@@H]2CCN(Cc3cccc(OC(C)C)c3)C2)n1. The topological polar surface area (TPSA) is 30.3 Å². The molecule has 0 bridgehead atoms. The van der Waals surface area contributed by atoms with E-state index in [9.17, 15) is 0 Å². The molecule has 4 nitrogen and oxygen atoms in total. The quantitative estimate of drug-likeness (QED) is 0.846. The highest BCUT2D eigenvalue weighted by atomic mass is 16.5. The summed E-state index contributed by atoms with van der Waals surface area (Å²) < 4.78 is 7.98. The Bertz CT molecular complexity index is 662. The van der Waals surface area contributed by atoms with Gasteiger partial charge in [-0.05, 0) is 51.4 Å². The third-order valence-electron chi connectivity index (χ3n) is 4.35. The third-order valence-corrected chi connectivity index (χ3v) is 4.35. The summed E-state index contributed by atoms with van der Waals surface area (Å²) in [6, 6.07) is 8.47. The summed E-state index contributed by atoms with van der Waals surface area (Å²) in [6.07, 6.45) is 3.52. The normalized spacial score (nSPS) is 18.7. The van der Waals surface area contributed by atoms with Crippen molar-refractivity contribution < 1.29 is 4.74 Å². The number of nitrogens with zero attached hydrogens (tertiary/aromatic N) is 3. The van der Waals surface area contributed by atoms with E-state index in [-0.39, 0.29) is 6.10 Å². The first-order valence-electron chi connectivity index (χ1n) is 8.49. The maximum Gasteiger partial charge on any atom is 0.120 e. The number of likely N-dealkylation sites (tertiary alicyclic amines) is 1. The van der Waals surface area contributed by atoms with Gasteiger partial charge in [0.15, 0.2) is 0 Å². The third kappa shape index (κ3) is 3.94. The maximum absolute atomic E-state index is 5.80. The lowest BCUT2D eigenvalue weighted by molar-refractivity contribution is 0.241. The second-order valence-electron chi connectivity index (χ2n) is 6.89. The van der Waals surface area contributed by atoms with Gasteiger partial charge >= 0.3 is 0 Å². The summed E-state index contributed by atoms with van der Waals surface area (Å²) in [7, 11) is 2.10. The van der Waals surface area contributed by atoms with Crippen molar-refractivity contribution in [3.8, 4) is 5.75 Å². The fourth-order valence-electron chi connectivity index (χ4n) is 3.45. The molecule has 0 amide bonds. The van der Waals surface area contributed by atoms with E-state index in [2.05, 4.69) is 61.7 Å². The predicted octanol–water partition coefficient (Wildman–Crippen LogP) is 3.51. The largest absolute Gasteiger partial charge is 0.491 e. The van der Waals surface area contributed by atoms with Gasteiger partial charge < -0.3 is 9.30 Å². The van der Waals surface area contributed by atoms with E-state index >= 15 is 0 Å². The minimum atomic E-state index is 0.216. The first-order valence-corrected chi connectivity index (χ1v) is 8.49. The molecule has 1 aromatic carbocycles. The fourth-order valence-corrected chi connectivity index (χ4v) is 3.45. The van der Waals surface area contributed by atoms with Gasteiger partial charge in [0.2, 0.25) is 0 Å². The van der Waals surface area contributed by atoms with Crippen molar-refractivity contribution >= 4 is 0 Å². The number of hydrogen-bond acceptors (Lipinski definition) is 3. The van der Waals surface area contributed by atoms with E-state index in [0.717, 1.165) is 31.1 Å². The Kier molecular flexibility index (Phi) is 4.71. The monoisotopic (exact) mass is 313 g/mol. The Labute approximate surface area is 139 Å². The van der Waals surface area contributed by atoms with E-state index in [4.69, 9.17) is 9.72 Å². The molecule has 1 aromatic heterocycles. The number of imidazole rings is 1. The van der Waals surface area contributed by atoms with Crippen molar-refractivity contribution in [1.29, 1.82) is 0 Å². The van der Waals surface area contributed by atoms with E-state index in [1.54, 1.807) is 0 Å². The molecule has 1 saturated heterocycles. The molecule has 1 aliphatic heterocycles. The van der Waals surface area contributed by atoms with Crippen LogP contribution in [0.1, 0.15) is 43.3 Å². The lowest BCUT2D eigenvalue weighted by Crippen LogP contribution is -2.20. The van der Waals surface area contributed by atoms with Gasteiger partial charge in [-0.25, -0.2) is 4.98 Å². The summed E-state index contributed by atoms with van der Waals surface area (Å²) in [5.41, 5.74) is 2.43. The number of benzene rings is 1. The van der Waals surface area contributed by atoms with E-state index in [1.165, 1.54) is 17.8 Å². The molecule has 1 fully saturated rings. The Hall–Kier alpha value is -1.81. The summed E-state index contributed by atoms with van der Waals surface area (Å²) >= 11 is 0. The van der Waals surface area contributed by atoms with Crippen LogP contribution >= 0.6 is 0 Å². The van der Waals surface area contributed by atoms with Crippen molar-refractivity contribution in [2.24, 2.45) is 7.05 Å². The number of hydrogen-bond donors (Lipinski definition) is 0. The molecule has 0 spiro atoms. The minimum absolute atomic E-state index is 0.216. The predicted molar refractivity (Wildman–Crippen MR) is 92.8 cm³/mol. The number of rotatable bonds is 5. The molecule has 0 aliphatic carbocycles. The molecule has 4 heteroatoms. The van der Waals surface area contributed by atoms with Crippen molar-refractivity contribution in [3.63, 3.8) is 0 Å². The Balaban J connectivity index is 1.63. The number of aromatic nitrogens is 2. The highest BCUT2D eigenvalue weighted by molar-refractivity contribution is 5.28.